The molecule has 138 valence electrons. The molecule has 3 rings (SSSR count). The zero-order chi connectivity index (χ0) is 17.7. The predicted molar refractivity (Wildman–Crippen MR) is 96.0 cm³/mol. The summed E-state index contributed by atoms with van der Waals surface area (Å²) in [4.78, 5) is 18.7. The van der Waals surface area contributed by atoms with Gasteiger partial charge in [0.2, 0.25) is 0 Å². The number of hydrogen-bond acceptors (Lipinski definition) is 5. The molecule has 1 saturated heterocycles. The molecule has 2 aliphatic rings. The number of nitrogens with zero attached hydrogens (tertiary/aromatic N) is 2. The Hall–Kier alpha value is -1.41. The van der Waals surface area contributed by atoms with Crippen molar-refractivity contribution in [1.29, 1.82) is 0 Å². The number of halogens is 1. The van der Waals surface area contributed by atoms with E-state index in [0.29, 0.717) is 17.4 Å². The monoisotopic (exact) mass is 368 g/mol. The lowest BCUT2D eigenvalue weighted by Gasteiger charge is -2.55. The van der Waals surface area contributed by atoms with E-state index in [2.05, 4.69) is 20.5 Å². The van der Waals surface area contributed by atoms with E-state index in [1.54, 1.807) is 12.1 Å². The van der Waals surface area contributed by atoms with E-state index < -0.39 is 0 Å². The Labute approximate surface area is 153 Å². The third-order valence-electron chi connectivity index (χ3n) is 4.85. The molecule has 25 heavy (non-hydrogen) atoms. The van der Waals surface area contributed by atoms with Gasteiger partial charge in [-0.15, -0.1) is 0 Å². The minimum Gasteiger partial charge on any atom is -0.379 e. The highest BCUT2D eigenvalue weighted by Gasteiger charge is 2.49. The number of aromatic nitrogens is 1. The minimum absolute atomic E-state index is 0.0472. The molecular formula is C17H25ClN4O3. The topological polar surface area (TPSA) is 75.7 Å². The summed E-state index contributed by atoms with van der Waals surface area (Å²) in [5.74, 6) is 0.475. The SMILES string of the molecule is CCOC1CC(CNC(=O)Nc2ccc(Cl)cn2)(N2CCOCC2)C1. The van der Waals surface area contributed by atoms with Gasteiger partial charge >= 0.3 is 6.03 Å². The molecular weight excluding hydrogens is 344 g/mol. The van der Waals surface area contributed by atoms with Crippen LogP contribution < -0.4 is 10.6 Å². The quantitative estimate of drug-likeness (QED) is 0.804. The fourth-order valence-electron chi connectivity index (χ4n) is 3.55. The van der Waals surface area contributed by atoms with E-state index in [1.165, 1.54) is 6.20 Å². The first-order valence-corrected chi connectivity index (χ1v) is 9.10. The number of anilines is 1. The van der Waals surface area contributed by atoms with Crippen molar-refractivity contribution in [1.82, 2.24) is 15.2 Å². The van der Waals surface area contributed by atoms with Gasteiger partial charge in [0.05, 0.1) is 24.3 Å². The molecule has 1 aliphatic heterocycles. The maximum absolute atomic E-state index is 12.2. The second-order valence-electron chi connectivity index (χ2n) is 6.48. The van der Waals surface area contributed by atoms with Crippen LogP contribution in [0.5, 0.6) is 0 Å². The van der Waals surface area contributed by atoms with Crippen LogP contribution in [0.25, 0.3) is 0 Å². The van der Waals surface area contributed by atoms with Gasteiger partial charge in [-0.25, -0.2) is 9.78 Å². The molecule has 8 heteroatoms. The summed E-state index contributed by atoms with van der Waals surface area (Å²) in [6, 6.07) is 3.11. The number of ether oxygens (including phenoxy) is 2. The van der Waals surface area contributed by atoms with Crippen molar-refractivity contribution in [2.24, 2.45) is 0 Å². The highest BCUT2D eigenvalue weighted by atomic mass is 35.5. The van der Waals surface area contributed by atoms with Crippen LogP contribution in [0.2, 0.25) is 5.02 Å². The van der Waals surface area contributed by atoms with E-state index in [1.807, 2.05) is 6.92 Å². The molecule has 2 fully saturated rings. The molecule has 0 radical (unpaired) electrons. The Morgan fingerprint density at radius 1 is 1.44 bits per heavy atom. The van der Waals surface area contributed by atoms with Gasteiger partial charge in [-0.05, 0) is 31.9 Å². The molecule has 2 heterocycles. The molecule has 0 spiro atoms. The molecule has 1 aromatic heterocycles. The van der Waals surface area contributed by atoms with E-state index in [4.69, 9.17) is 21.1 Å². The lowest BCUT2D eigenvalue weighted by atomic mass is 9.72. The number of carbonyl (C=O) groups excluding carboxylic acids is 1. The maximum atomic E-state index is 12.2. The Morgan fingerprint density at radius 3 is 2.84 bits per heavy atom. The molecule has 7 nitrogen and oxygen atoms in total. The van der Waals surface area contributed by atoms with Crippen LogP contribution in [0.3, 0.4) is 0 Å². The van der Waals surface area contributed by atoms with E-state index in [-0.39, 0.29) is 17.7 Å². The number of hydrogen-bond donors (Lipinski definition) is 2. The average molecular weight is 369 g/mol. The van der Waals surface area contributed by atoms with Crippen molar-refractivity contribution in [3.05, 3.63) is 23.4 Å². The summed E-state index contributed by atoms with van der Waals surface area (Å²) in [7, 11) is 0. The molecule has 0 bridgehead atoms. The molecule has 1 aromatic rings. The number of nitrogens with one attached hydrogen (secondary N) is 2. The smallest absolute Gasteiger partial charge is 0.320 e. The Morgan fingerprint density at radius 2 is 2.20 bits per heavy atom. The molecule has 0 unspecified atom stereocenters. The van der Waals surface area contributed by atoms with Crippen molar-refractivity contribution in [2.45, 2.75) is 31.4 Å². The zero-order valence-electron chi connectivity index (χ0n) is 14.5. The normalized spacial score (nSPS) is 26.7. The first-order valence-electron chi connectivity index (χ1n) is 8.72. The van der Waals surface area contributed by atoms with Gasteiger partial charge in [-0.1, -0.05) is 11.6 Å². The van der Waals surface area contributed by atoms with Crippen LogP contribution in [-0.4, -0.2) is 67.0 Å². The summed E-state index contributed by atoms with van der Waals surface area (Å²) in [6.45, 7) is 6.57. The molecule has 0 atom stereocenters. The number of pyridine rings is 1. The second kappa shape index (κ2) is 8.31. The standard InChI is InChI=1S/C17H25ClN4O3/c1-2-25-14-9-17(10-14,22-5-7-24-8-6-22)12-20-16(23)21-15-4-3-13(18)11-19-15/h3-4,11,14H,2,5-10,12H2,1H3,(H2,19,20,21,23). The van der Waals surface area contributed by atoms with Gasteiger partial charge in [0.25, 0.3) is 0 Å². The maximum Gasteiger partial charge on any atom is 0.320 e. The fraction of sp³-hybridized carbons (Fsp3) is 0.647. The van der Waals surface area contributed by atoms with E-state index in [0.717, 1.165) is 45.8 Å². The van der Waals surface area contributed by atoms with Gasteiger partial charge in [0.1, 0.15) is 5.82 Å². The van der Waals surface area contributed by atoms with Crippen molar-refractivity contribution >= 4 is 23.4 Å². The summed E-state index contributed by atoms with van der Waals surface area (Å²) in [5, 5.41) is 6.26. The van der Waals surface area contributed by atoms with Crippen molar-refractivity contribution in [3.63, 3.8) is 0 Å². The number of carbonyl (C=O) groups is 1. The van der Waals surface area contributed by atoms with Gasteiger partial charge in [0, 0.05) is 38.0 Å². The first kappa shape index (κ1) is 18.4. The van der Waals surface area contributed by atoms with Crippen LogP contribution in [0, 0.1) is 0 Å². The third kappa shape index (κ3) is 4.61. The van der Waals surface area contributed by atoms with Gasteiger partial charge in [0.15, 0.2) is 0 Å². The number of amides is 2. The highest BCUT2D eigenvalue weighted by Crippen LogP contribution is 2.39. The van der Waals surface area contributed by atoms with Gasteiger partial charge in [-0.3, -0.25) is 10.2 Å². The number of urea groups is 1. The summed E-state index contributed by atoms with van der Waals surface area (Å²) >= 11 is 5.80. The van der Waals surface area contributed by atoms with Gasteiger partial charge < -0.3 is 14.8 Å². The van der Waals surface area contributed by atoms with Crippen molar-refractivity contribution in [3.8, 4) is 0 Å². The predicted octanol–water partition coefficient (Wildman–Crippen LogP) is 2.13. The molecule has 1 saturated carbocycles. The molecule has 2 amide bonds. The third-order valence-corrected chi connectivity index (χ3v) is 5.07. The van der Waals surface area contributed by atoms with Crippen LogP contribution >= 0.6 is 11.6 Å². The van der Waals surface area contributed by atoms with Crippen LogP contribution in [0.4, 0.5) is 10.6 Å². The van der Waals surface area contributed by atoms with E-state index in [9.17, 15) is 4.79 Å². The van der Waals surface area contributed by atoms with E-state index >= 15 is 0 Å². The zero-order valence-corrected chi connectivity index (χ0v) is 15.2. The summed E-state index contributed by atoms with van der Waals surface area (Å²) in [6.07, 6.45) is 3.64. The first-order chi connectivity index (χ1) is 12.1. The highest BCUT2D eigenvalue weighted by molar-refractivity contribution is 6.30. The number of morpholine rings is 1. The Bertz CT molecular complexity index is 572. The second-order valence-corrected chi connectivity index (χ2v) is 6.92. The Kier molecular flexibility index (Phi) is 6.11. The van der Waals surface area contributed by atoms with Crippen LogP contribution in [0.15, 0.2) is 18.3 Å². The van der Waals surface area contributed by atoms with Crippen molar-refractivity contribution < 1.29 is 14.3 Å². The van der Waals surface area contributed by atoms with Crippen LogP contribution in [-0.2, 0) is 9.47 Å². The average Bonchev–Trinajstić information content (AvgIpc) is 2.60. The summed E-state index contributed by atoms with van der Waals surface area (Å²) in [5.41, 5.74) is -0.0472. The fourth-order valence-corrected chi connectivity index (χ4v) is 3.66. The largest absolute Gasteiger partial charge is 0.379 e. The Balaban J connectivity index is 1.55. The lowest BCUT2D eigenvalue weighted by molar-refractivity contribution is -0.124. The minimum atomic E-state index is -0.262. The summed E-state index contributed by atoms with van der Waals surface area (Å²) < 4.78 is 11.2. The van der Waals surface area contributed by atoms with Crippen molar-refractivity contribution in [2.75, 3.05) is 44.8 Å². The molecule has 2 N–H and O–H groups in total. The van der Waals surface area contributed by atoms with Crippen LogP contribution in [0.1, 0.15) is 19.8 Å². The number of rotatable bonds is 6. The molecule has 0 aromatic carbocycles. The molecule has 1 aliphatic carbocycles. The van der Waals surface area contributed by atoms with Gasteiger partial charge in [-0.2, -0.15) is 0 Å². The lowest BCUT2D eigenvalue weighted by Crippen LogP contribution is -2.67.